The number of fused-ring (bicyclic) bond motifs is 6. The summed E-state index contributed by atoms with van der Waals surface area (Å²) in [5.41, 5.74) is 7.14. The number of allylic oxidation sites excluding steroid dienone is 2. The molecule has 0 amide bonds. The number of furan rings is 1. The number of carbonyl (C=O) groups excluding carboxylic acids is 1. The zero-order valence-electron chi connectivity index (χ0n) is 30.6. The van der Waals surface area contributed by atoms with Gasteiger partial charge in [0.1, 0.15) is 17.1 Å². The van der Waals surface area contributed by atoms with Crippen LogP contribution in [0.4, 0.5) is 0 Å². The summed E-state index contributed by atoms with van der Waals surface area (Å²) in [7, 11) is 0. The van der Waals surface area contributed by atoms with E-state index in [-0.39, 0.29) is 47.9 Å². The van der Waals surface area contributed by atoms with Gasteiger partial charge in [-0.3, -0.25) is 14.8 Å². The van der Waals surface area contributed by atoms with Crippen molar-refractivity contribution in [2.24, 2.45) is 10.8 Å². The van der Waals surface area contributed by atoms with E-state index in [1.807, 2.05) is 66.2 Å². The molecule has 0 unspecified atom stereocenters. The molecule has 5 nitrogen and oxygen atoms in total. The molecule has 0 saturated carbocycles. The van der Waals surface area contributed by atoms with Crippen molar-refractivity contribution in [3.05, 3.63) is 95.8 Å². The normalized spacial score (nSPS) is 13.3. The van der Waals surface area contributed by atoms with Crippen LogP contribution in [-0.2, 0) is 43.2 Å². The fourth-order valence-corrected chi connectivity index (χ4v) is 6.54. The van der Waals surface area contributed by atoms with Crippen molar-refractivity contribution < 1.29 is 34.4 Å². The molecule has 49 heavy (non-hydrogen) atoms. The molecule has 1 aliphatic rings. The van der Waals surface area contributed by atoms with E-state index in [1.54, 1.807) is 0 Å². The van der Waals surface area contributed by atoms with Crippen molar-refractivity contribution in [1.29, 1.82) is 0 Å². The number of aryl methyl sites for hydroxylation is 2. The molecule has 2 aromatic carbocycles. The molecule has 0 saturated heterocycles. The topological polar surface area (TPSA) is 76.2 Å². The van der Waals surface area contributed by atoms with Gasteiger partial charge in [0.05, 0.1) is 0 Å². The van der Waals surface area contributed by atoms with Crippen LogP contribution < -0.4 is 0 Å². The molecule has 3 aromatic heterocycles. The van der Waals surface area contributed by atoms with Crippen LogP contribution >= 0.6 is 0 Å². The van der Waals surface area contributed by atoms with Gasteiger partial charge >= 0.3 is 0 Å². The maximum Gasteiger partial charge on any atom is 0.164 e. The van der Waals surface area contributed by atoms with Gasteiger partial charge in [-0.1, -0.05) is 91.5 Å². The minimum atomic E-state index is -0.337. The summed E-state index contributed by atoms with van der Waals surface area (Å²) >= 11 is 0. The maximum absolute atomic E-state index is 12.2. The Bertz CT molecular complexity index is 1970. The number of benzene rings is 2. The molecule has 5 aromatic rings. The number of pyridine rings is 2. The van der Waals surface area contributed by atoms with Gasteiger partial charge in [0.15, 0.2) is 5.78 Å². The average Bonchev–Trinajstić information content (AvgIpc) is 3.49. The van der Waals surface area contributed by atoms with Crippen LogP contribution in [0.15, 0.2) is 77.3 Å². The molecule has 1 N–H and O–H groups in total. The van der Waals surface area contributed by atoms with Gasteiger partial charge in [-0.25, -0.2) is 0 Å². The number of nitrogens with zero attached hydrogens (tertiary/aromatic N) is 2. The summed E-state index contributed by atoms with van der Waals surface area (Å²) < 4.78 is 6.31. The molecule has 0 atom stereocenters. The van der Waals surface area contributed by atoms with Gasteiger partial charge in [-0.15, -0.1) is 29.1 Å². The van der Waals surface area contributed by atoms with Crippen molar-refractivity contribution in [1.82, 2.24) is 9.97 Å². The molecule has 6 rings (SSSR count). The summed E-state index contributed by atoms with van der Waals surface area (Å²) in [6.45, 7) is 18.9. The van der Waals surface area contributed by atoms with Crippen LogP contribution in [0.25, 0.3) is 44.1 Å². The predicted molar refractivity (Wildman–Crippen MR) is 198 cm³/mol. The predicted octanol–water partition coefficient (Wildman–Crippen LogP) is 11.6. The summed E-state index contributed by atoms with van der Waals surface area (Å²) in [4.78, 5) is 21.4. The Balaban J connectivity index is 0.000000260. The van der Waals surface area contributed by atoms with E-state index < -0.39 is 0 Å². The standard InChI is InChI=1S/C28H23N2O.C15H28O2.Ir/c1-28(2,3)22-15-19(14-18-6-4-5-7-20(18)22)27-26-24(11-13-30-27)31-23-9-8-17-10-12-29-16-21(17)25(23)26;1-7-14(5,8-2)12(16)11-13(17)15(6,9-3)10-4;/h4-7,10-13,15-16H,8-9H2,1-3H3;11,16H,7-10H2,1-6H3;/q-1;;/b;12-11-;. The van der Waals surface area contributed by atoms with E-state index in [0.29, 0.717) is 0 Å². The molecule has 1 aliphatic carbocycles. The second kappa shape index (κ2) is 15.1. The molecule has 261 valence electrons. The van der Waals surface area contributed by atoms with E-state index in [9.17, 15) is 9.90 Å². The first-order valence-electron chi connectivity index (χ1n) is 17.5. The minimum Gasteiger partial charge on any atom is -0.512 e. The molecule has 0 bridgehead atoms. The van der Waals surface area contributed by atoms with Gasteiger partial charge in [0.2, 0.25) is 0 Å². The van der Waals surface area contributed by atoms with Crippen LogP contribution in [-0.4, -0.2) is 20.9 Å². The van der Waals surface area contributed by atoms with Gasteiger partial charge < -0.3 is 9.52 Å². The first-order valence-corrected chi connectivity index (χ1v) is 17.5. The van der Waals surface area contributed by atoms with E-state index >= 15 is 0 Å². The fraction of sp³-hybridized carbons (Fsp3) is 0.419. The Morgan fingerprint density at radius 3 is 2.24 bits per heavy atom. The van der Waals surface area contributed by atoms with Crippen LogP contribution in [0.3, 0.4) is 0 Å². The van der Waals surface area contributed by atoms with Crippen molar-refractivity contribution in [2.75, 3.05) is 0 Å². The van der Waals surface area contributed by atoms with E-state index in [1.165, 1.54) is 22.6 Å². The van der Waals surface area contributed by atoms with E-state index in [0.717, 1.165) is 83.0 Å². The second-order valence-corrected chi connectivity index (χ2v) is 14.8. The molecule has 0 fully saturated rings. The first kappa shape index (κ1) is 38.2. The number of hydrogen-bond donors (Lipinski definition) is 1. The number of aliphatic hydroxyl groups excluding tert-OH is 1. The first-order chi connectivity index (χ1) is 22.8. The summed E-state index contributed by atoms with van der Waals surface area (Å²) in [6, 6.07) is 18.5. The summed E-state index contributed by atoms with van der Waals surface area (Å²) in [6.07, 6.45) is 12.3. The number of rotatable bonds is 8. The Labute approximate surface area is 306 Å². The van der Waals surface area contributed by atoms with Crippen LogP contribution in [0.5, 0.6) is 0 Å². The Kier molecular flexibility index (Phi) is 11.8. The van der Waals surface area contributed by atoms with Crippen LogP contribution in [0.2, 0.25) is 0 Å². The molecule has 3 heterocycles. The maximum atomic E-state index is 12.2. The molecular formula is C43H51IrN2O3-. The number of carbonyl (C=O) groups is 1. The monoisotopic (exact) mass is 836 g/mol. The Morgan fingerprint density at radius 2 is 1.59 bits per heavy atom. The number of aromatic nitrogens is 2. The smallest absolute Gasteiger partial charge is 0.164 e. The zero-order chi connectivity index (χ0) is 34.9. The number of ketones is 1. The summed E-state index contributed by atoms with van der Waals surface area (Å²) in [5, 5.41) is 13.6. The van der Waals surface area contributed by atoms with Crippen LogP contribution in [0.1, 0.15) is 105 Å². The molecule has 0 aliphatic heterocycles. The van der Waals surface area contributed by atoms with Gasteiger partial charge in [-0.2, -0.15) is 0 Å². The molecule has 0 spiro atoms. The van der Waals surface area contributed by atoms with Gasteiger partial charge in [-0.05, 0) is 55.2 Å². The largest absolute Gasteiger partial charge is 0.512 e. The third-order valence-electron chi connectivity index (χ3n) is 10.9. The number of hydrogen-bond acceptors (Lipinski definition) is 5. The van der Waals surface area contributed by atoms with Gasteiger partial charge in [0, 0.05) is 84.2 Å². The number of aliphatic hydroxyl groups is 1. The van der Waals surface area contributed by atoms with Crippen molar-refractivity contribution in [3.8, 4) is 22.4 Å². The van der Waals surface area contributed by atoms with Crippen LogP contribution in [0, 0.1) is 16.9 Å². The molecule has 6 heteroatoms. The summed E-state index contributed by atoms with van der Waals surface area (Å²) in [5.74, 6) is 1.32. The second-order valence-electron chi connectivity index (χ2n) is 14.8. The quantitative estimate of drug-likeness (QED) is 0.0957. The zero-order valence-corrected chi connectivity index (χ0v) is 33.0. The third-order valence-corrected chi connectivity index (χ3v) is 10.9. The van der Waals surface area contributed by atoms with Crippen molar-refractivity contribution >= 4 is 27.5 Å². The van der Waals surface area contributed by atoms with Crippen molar-refractivity contribution in [2.45, 2.75) is 106 Å². The average molecular weight is 836 g/mol. The third kappa shape index (κ3) is 7.47. The Hall–Kier alpha value is -3.60. The molecule has 1 radical (unpaired) electrons. The van der Waals surface area contributed by atoms with Gasteiger partial charge in [0.25, 0.3) is 0 Å². The minimum absolute atomic E-state index is 0. The van der Waals surface area contributed by atoms with E-state index in [2.05, 4.69) is 68.2 Å². The van der Waals surface area contributed by atoms with E-state index in [4.69, 9.17) is 9.40 Å². The fourth-order valence-electron chi connectivity index (χ4n) is 6.54. The molecular weight excluding hydrogens is 785 g/mol. The SMILES string of the molecule is CC(C)(C)c1cc(-c2nccc3oc4c(c23)-c2cnccc2CC4)[c-]c2ccccc12.CCC(C)(CC)C(=O)/C=C(\O)C(C)(CC)CC.[Ir]. The Morgan fingerprint density at radius 1 is 0.918 bits per heavy atom. The van der Waals surface area contributed by atoms with Crippen molar-refractivity contribution in [3.63, 3.8) is 0 Å².